The molecule has 1 atom stereocenters. The number of esters is 1. The zero-order chi connectivity index (χ0) is 25.8. The van der Waals surface area contributed by atoms with Crippen LogP contribution in [0.1, 0.15) is 129 Å². The van der Waals surface area contributed by atoms with Crippen molar-refractivity contribution in [2.75, 3.05) is 0 Å². The highest BCUT2D eigenvalue weighted by atomic mass is 32.3. The van der Waals surface area contributed by atoms with E-state index in [1.54, 1.807) is 12.1 Å². The first-order chi connectivity index (χ1) is 16.9. The highest BCUT2D eigenvalue weighted by Gasteiger charge is 2.27. The number of hydrogen-bond acceptors (Lipinski definition) is 5. The van der Waals surface area contributed by atoms with E-state index in [9.17, 15) is 13.2 Å². The molecule has 0 aliphatic rings. The number of benzene rings is 1. The summed E-state index contributed by atoms with van der Waals surface area (Å²) in [4.78, 5) is 12.7. The molecule has 1 unspecified atom stereocenters. The third-order valence-corrected chi connectivity index (χ3v) is 6.78. The van der Waals surface area contributed by atoms with E-state index in [4.69, 9.17) is 9.29 Å². The van der Waals surface area contributed by atoms with Crippen molar-refractivity contribution in [1.29, 1.82) is 0 Å². The Morgan fingerprint density at radius 1 is 0.771 bits per heavy atom. The molecule has 35 heavy (non-hydrogen) atoms. The summed E-state index contributed by atoms with van der Waals surface area (Å²) in [5.74, 6) is -0.362. The van der Waals surface area contributed by atoms with Crippen molar-refractivity contribution in [3.05, 3.63) is 29.8 Å². The lowest BCUT2D eigenvalue weighted by molar-refractivity contribution is -0.142. The van der Waals surface area contributed by atoms with Crippen LogP contribution in [0.5, 0.6) is 5.75 Å². The lowest BCUT2D eigenvalue weighted by Crippen LogP contribution is -2.31. The van der Waals surface area contributed by atoms with Crippen LogP contribution >= 0.6 is 0 Å². The van der Waals surface area contributed by atoms with Gasteiger partial charge in [-0.2, -0.15) is 8.42 Å². The van der Waals surface area contributed by atoms with Crippen LogP contribution in [0.25, 0.3) is 0 Å². The number of rotatable bonds is 22. The van der Waals surface area contributed by atoms with E-state index in [2.05, 4.69) is 18.0 Å². The summed E-state index contributed by atoms with van der Waals surface area (Å²) in [7, 11) is -4.75. The molecule has 7 heteroatoms. The van der Waals surface area contributed by atoms with Gasteiger partial charge in [0.25, 0.3) is 0 Å². The summed E-state index contributed by atoms with van der Waals surface area (Å²) in [6.45, 7) is 4.31. The van der Waals surface area contributed by atoms with Gasteiger partial charge in [-0.3, -0.25) is 4.55 Å². The highest BCUT2D eigenvalue weighted by molar-refractivity contribution is 7.80. The second-order valence-electron chi connectivity index (χ2n) is 9.53. The standard InChI is InChI=1S/C28H48O6S/c1-3-5-7-9-10-11-12-13-14-15-16-17-21-25-22-19-20-23-26(25)33-28(29)27(34-35(30,31)32)24-18-8-6-4-2/h19-20,22-23,27H,3-18,21,24H2,1-2H3,(H,30,31,32). The van der Waals surface area contributed by atoms with E-state index >= 15 is 0 Å². The second kappa shape index (κ2) is 19.7. The maximum absolute atomic E-state index is 12.7. The van der Waals surface area contributed by atoms with Crippen LogP contribution in [0.4, 0.5) is 0 Å². The van der Waals surface area contributed by atoms with Gasteiger partial charge in [0.05, 0.1) is 0 Å². The minimum Gasteiger partial charge on any atom is -0.424 e. The Bertz CT molecular complexity index is 777. The fraction of sp³-hybridized carbons (Fsp3) is 0.750. The Hall–Kier alpha value is -1.44. The molecule has 1 rings (SSSR count). The van der Waals surface area contributed by atoms with Crippen molar-refractivity contribution < 1.29 is 26.7 Å². The van der Waals surface area contributed by atoms with Crippen molar-refractivity contribution in [3.8, 4) is 5.75 Å². The molecule has 1 aromatic carbocycles. The quantitative estimate of drug-likeness (QED) is 0.0732. The van der Waals surface area contributed by atoms with Gasteiger partial charge in [-0.1, -0.05) is 128 Å². The minimum atomic E-state index is -4.75. The first-order valence-corrected chi connectivity index (χ1v) is 15.2. The number of aryl methyl sites for hydroxylation is 1. The number of carbonyl (C=O) groups is 1. The topological polar surface area (TPSA) is 89.9 Å². The Morgan fingerprint density at radius 2 is 1.26 bits per heavy atom. The predicted molar refractivity (Wildman–Crippen MR) is 142 cm³/mol. The van der Waals surface area contributed by atoms with Crippen LogP contribution in [-0.4, -0.2) is 25.0 Å². The van der Waals surface area contributed by atoms with E-state index < -0.39 is 22.5 Å². The fourth-order valence-corrected chi connectivity index (χ4v) is 4.72. The summed E-state index contributed by atoms with van der Waals surface area (Å²) in [6, 6.07) is 7.34. The number of unbranched alkanes of at least 4 members (excludes halogenated alkanes) is 14. The molecule has 0 bridgehead atoms. The first-order valence-electron chi connectivity index (χ1n) is 13.8. The van der Waals surface area contributed by atoms with Gasteiger partial charge in [-0.05, 0) is 30.9 Å². The molecule has 0 aliphatic heterocycles. The van der Waals surface area contributed by atoms with Crippen LogP contribution in [0.15, 0.2) is 24.3 Å². The summed E-state index contributed by atoms with van der Waals surface area (Å²) in [6.07, 6.45) is 18.5. The van der Waals surface area contributed by atoms with Gasteiger partial charge in [-0.25, -0.2) is 8.98 Å². The van der Waals surface area contributed by atoms with Gasteiger partial charge >= 0.3 is 16.4 Å². The maximum atomic E-state index is 12.7. The molecule has 1 aromatic rings. The highest BCUT2D eigenvalue weighted by Crippen LogP contribution is 2.23. The smallest absolute Gasteiger partial charge is 0.398 e. The molecule has 0 heterocycles. The SMILES string of the molecule is CCCCCCCCCCCCCCc1ccccc1OC(=O)C(CCCCCC)OS(=O)(=O)O. The largest absolute Gasteiger partial charge is 0.424 e. The van der Waals surface area contributed by atoms with Crippen LogP contribution in [-0.2, 0) is 25.8 Å². The van der Waals surface area contributed by atoms with Crippen molar-refractivity contribution in [2.45, 2.75) is 136 Å². The van der Waals surface area contributed by atoms with Gasteiger partial charge in [0.15, 0.2) is 6.10 Å². The van der Waals surface area contributed by atoms with Gasteiger partial charge in [0.2, 0.25) is 0 Å². The molecule has 202 valence electrons. The molecule has 0 fully saturated rings. The zero-order valence-corrected chi connectivity index (χ0v) is 22.8. The maximum Gasteiger partial charge on any atom is 0.398 e. The third-order valence-electron chi connectivity index (χ3n) is 6.30. The van der Waals surface area contributed by atoms with Gasteiger partial charge < -0.3 is 4.74 Å². The monoisotopic (exact) mass is 512 g/mol. The third kappa shape index (κ3) is 16.8. The summed E-state index contributed by atoms with van der Waals surface area (Å²) >= 11 is 0. The van der Waals surface area contributed by atoms with Crippen molar-refractivity contribution in [3.63, 3.8) is 0 Å². The van der Waals surface area contributed by atoms with E-state index in [1.807, 2.05) is 12.1 Å². The van der Waals surface area contributed by atoms with E-state index in [-0.39, 0.29) is 6.42 Å². The number of hydrogen-bond donors (Lipinski definition) is 1. The zero-order valence-electron chi connectivity index (χ0n) is 22.0. The molecular formula is C28H48O6S. The average Bonchev–Trinajstić information content (AvgIpc) is 2.82. The summed E-state index contributed by atoms with van der Waals surface area (Å²) < 4.78 is 41.7. The Labute approximate surface area is 214 Å². The van der Waals surface area contributed by atoms with Gasteiger partial charge in [0, 0.05) is 0 Å². The molecule has 0 radical (unpaired) electrons. The molecule has 6 nitrogen and oxygen atoms in total. The first kappa shape index (κ1) is 31.6. The molecule has 0 saturated heterocycles. The Kier molecular flexibility index (Phi) is 17.8. The molecule has 0 aliphatic carbocycles. The molecular weight excluding hydrogens is 464 g/mol. The normalized spacial score (nSPS) is 12.5. The second-order valence-corrected chi connectivity index (χ2v) is 10.6. The Balaban J connectivity index is 2.40. The lowest BCUT2D eigenvalue weighted by Gasteiger charge is -2.16. The van der Waals surface area contributed by atoms with E-state index in [0.717, 1.165) is 44.1 Å². The number of ether oxygens (including phenoxy) is 1. The minimum absolute atomic E-state index is 0.180. The van der Waals surface area contributed by atoms with Crippen LogP contribution < -0.4 is 4.74 Å². The number of para-hydroxylation sites is 1. The molecule has 0 saturated carbocycles. The molecule has 1 N–H and O–H groups in total. The predicted octanol–water partition coefficient (Wildman–Crippen LogP) is 7.99. The Morgan fingerprint density at radius 3 is 1.80 bits per heavy atom. The summed E-state index contributed by atoms with van der Waals surface area (Å²) in [5.41, 5.74) is 0.921. The van der Waals surface area contributed by atoms with Crippen molar-refractivity contribution in [1.82, 2.24) is 0 Å². The van der Waals surface area contributed by atoms with Gasteiger partial charge in [0.1, 0.15) is 5.75 Å². The van der Waals surface area contributed by atoms with Crippen molar-refractivity contribution in [2.24, 2.45) is 0 Å². The fourth-order valence-electron chi connectivity index (χ4n) is 4.25. The molecule has 0 spiro atoms. The van der Waals surface area contributed by atoms with E-state index in [0.29, 0.717) is 12.2 Å². The average molecular weight is 513 g/mol. The van der Waals surface area contributed by atoms with Crippen LogP contribution in [0, 0.1) is 0 Å². The van der Waals surface area contributed by atoms with Crippen molar-refractivity contribution >= 4 is 16.4 Å². The number of carbonyl (C=O) groups excluding carboxylic acids is 1. The van der Waals surface area contributed by atoms with Crippen LogP contribution in [0.2, 0.25) is 0 Å². The molecule has 0 aromatic heterocycles. The summed E-state index contributed by atoms with van der Waals surface area (Å²) in [5, 5.41) is 0. The van der Waals surface area contributed by atoms with Gasteiger partial charge in [-0.15, -0.1) is 0 Å². The lowest BCUT2D eigenvalue weighted by atomic mass is 10.0. The van der Waals surface area contributed by atoms with E-state index in [1.165, 1.54) is 64.2 Å². The van der Waals surface area contributed by atoms with Crippen LogP contribution in [0.3, 0.4) is 0 Å². The molecule has 0 amide bonds.